The Morgan fingerprint density at radius 3 is 2.15 bits per heavy atom. The van der Waals surface area contributed by atoms with Crippen LogP contribution in [-0.2, 0) is 0 Å². The quantitative estimate of drug-likeness (QED) is 0.603. The highest BCUT2D eigenvalue weighted by Gasteiger charge is 2.55. The third-order valence-corrected chi connectivity index (χ3v) is 4.43. The average Bonchev–Trinajstić information content (AvgIpc) is 2.33. The first-order valence-corrected chi connectivity index (χ1v) is 5.49. The van der Waals surface area contributed by atoms with E-state index in [1.807, 2.05) is 6.92 Å². The van der Waals surface area contributed by atoms with Crippen molar-refractivity contribution in [1.82, 2.24) is 0 Å². The van der Waals surface area contributed by atoms with Crippen LogP contribution in [0.4, 0.5) is 0 Å². The third-order valence-electron chi connectivity index (χ3n) is 4.43. The summed E-state index contributed by atoms with van der Waals surface area (Å²) in [5.74, 6) is 0. The summed E-state index contributed by atoms with van der Waals surface area (Å²) in [5.41, 5.74) is -0.780. The van der Waals surface area contributed by atoms with Gasteiger partial charge in [0.2, 0.25) is 0 Å². The summed E-state index contributed by atoms with van der Waals surface area (Å²) in [7, 11) is 0. The topological polar surface area (TPSA) is 40.5 Å². The van der Waals surface area contributed by atoms with Gasteiger partial charge in [0.25, 0.3) is 0 Å². The van der Waals surface area contributed by atoms with Crippen LogP contribution in [0.25, 0.3) is 0 Å². The number of hydrogen-bond acceptors (Lipinski definition) is 2. The minimum atomic E-state index is -0.826. The zero-order chi connectivity index (χ0) is 9.53. The minimum absolute atomic E-state index is 0.0463. The monoisotopic (exact) mass is 184 g/mol. The summed E-state index contributed by atoms with van der Waals surface area (Å²) >= 11 is 0. The van der Waals surface area contributed by atoms with E-state index in [4.69, 9.17) is 0 Å². The summed E-state index contributed by atoms with van der Waals surface area (Å²) in [6.07, 6.45) is 7.27. The maximum atomic E-state index is 10.3. The molecule has 2 saturated carbocycles. The van der Waals surface area contributed by atoms with E-state index >= 15 is 0 Å². The Labute approximate surface area is 80.0 Å². The lowest BCUT2D eigenvalue weighted by atomic mass is 9.65. The van der Waals surface area contributed by atoms with Gasteiger partial charge in [0.1, 0.15) is 0 Å². The third kappa shape index (κ3) is 1.23. The number of rotatable bonds is 0. The molecule has 2 rings (SSSR count). The van der Waals surface area contributed by atoms with Crippen LogP contribution in [-0.4, -0.2) is 21.9 Å². The predicted octanol–water partition coefficient (Wildman–Crippen LogP) is 1.84. The van der Waals surface area contributed by atoms with Crippen LogP contribution in [0.3, 0.4) is 0 Å². The first kappa shape index (κ1) is 9.47. The molecule has 2 atom stereocenters. The van der Waals surface area contributed by atoms with Gasteiger partial charge in [-0.25, -0.2) is 0 Å². The molecule has 2 nitrogen and oxygen atoms in total. The van der Waals surface area contributed by atoms with E-state index in [-0.39, 0.29) is 5.41 Å². The summed E-state index contributed by atoms with van der Waals surface area (Å²) in [4.78, 5) is 0. The van der Waals surface area contributed by atoms with Gasteiger partial charge in [-0.2, -0.15) is 0 Å². The van der Waals surface area contributed by atoms with Crippen molar-refractivity contribution >= 4 is 0 Å². The first-order valence-electron chi connectivity index (χ1n) is 5.49. The molecule has 13 heavy (non-hydrogen) atoms. The van der Waals surface area contributed by atoms with Crippen molar-refractivity contribution in [2.24, 2.45) is 5.41 Å². The van der Waals surface area contributed by atoms with Gasteiger partial charge in [0, 0.05) is 5.41 Å². The van der Waals surface area contributed by atoms with Crippen LogP contribution in [0.2, 0.25) is 0 Å². The van der Waals surface area contributed by atoms with E-state index in [0.717, 1.165) is 25.7 Å². The van der Waals surface area contributed by atoms with Crippen LogP contribution in [0.1, 0.15) is 51.9 Å². The highest BCUT2D eigenvalue weighted by atomic mass is 16.3. The van der Waals surface area contributed by atoms with E-state index in [0.29, 0.717) is 0 Å². The lowest BCUT2D eigenvalue weighted by Crippen LogP contribution is -2.48. The molecule has 2 N–H and O–H groups in total. The smallest absolute Gasteiger partial charge is 0.0933 e. The zero-order valence-electron chi connectivity index (χ0n) is 8.42. The van der Waals surface area contributed by atoms with Gasteiger partial charge >= 0.3 is 0 Å². The van der Waals surface area contributed by atoms with Gasteiger partial charge in [0.05, 0.1) is 11.7 Å². The van der Waals surface area contributed by atoms with Gasteiger partial charge in [-0.15, -0.1) is 0 Å². The fraction of sp³-hybridized carbons (Fsp3) is 1.00. The second-order valence-electron chi connectivity index (χ2n) is 5.04. The van der Waals surface area contributed by atoms with Gasteiger partial charge in [-0.05, 0) is 32.6 Å². The Morgan fingerprint density at radius 2 is 1.69 bits per heavy atom. The number of aliphatic hydroxyl groups is 2. The molecule has 2 aliphatic carbocycles. The molecule has 2 aliphatic rings. The Balaban J connectivity index is 2.21. The molecule has 76 valence electrons. The lowest BCUT2D eigenvalue weighted by molar-refractivity contribution is -0.121. The molecule has 2 heteroatoms. The van der Waals surface area contributed by atoms with Gasteiger partial charge in [-0.1, -0.05) is 19.3 Å². The molecule has 0 radical (unpaired) electrons. The second kappa shape index (κ2) is 2.96. The highest BCUT2D eigenvalue weighted by molar-refractivity contribution is 5.06. The maximum absolute atomic E-state index is 10.3. The normalized spacial score (nSPS) is 44.1. The first-order chi connectivity index (χ1) is 6.08. The predicted molar refractivity (Wildman–Crippen MR) is 51.4 cm³/mol. The molecule has 0 aromatic rings. The molecular weight excluding hydrogens is 164 g/mol. The van der Waals surface area contributed by atoms with E-state index in [1.165, 1.54) is 19.3 Å². The molecule has 0 aromatic carbocycles. The highest BCUT2D eigenvalue weighted by Crippen LogP contribution is 2.54. The molecule has 2 unspecified atom stereocenters. The zero-order valence-corrected chi connectivity index (χ0v) is 8.42. The van der Waals surface area contributed by atoms with Crippen molar-refractivity contribution in [2.45, 2.75) is 63.6 Å². The van der Waals surface area contributed by atoms with Crippen molar-refractivity contribution in [3.05, 3.63) is 0 Å². The van der Waals surface area contributed by atoms with Gasteiger partial charge in [0.15, 0.2) is 0 Å². The maximum Gasteiger partial charge on any atom is 0.0933 e. The van der Waals surface area contributed by atoms with E-state index < -0.39 is 11.7 Å². The average molecular weight is 184 g/mol. The van der Waals surface area contributed by atoms with Gasteiger partial charge < -0.3 is 10.2 Å². The second-order valence-corrected chi connectivity index (χ2v) is 5.04. The summed E-state index contributed by atoms with van der Waals surface area (Å²) in [6.45, 7) is 1.83. The van der Waals surface area contributed by atoms with Crippen molar-refractivity contribution in [2.75, 3.05) is 0 Å². The van der Waals surface area contributed by atoms with Gasteiger partial charge in [-0.3, -0.25) is 0 Å². The minimum Gasteiger partial charge on any atom is -0.390 e. The largest absolute Gasteiger partial charge is 0.390 e. The summed E-state index contributed by atoms with van der Waals surface area (Å²) < 4.78 is 0. The molecule has 2 fully saturated rings. The molecule has 0 aromatic heterocycles. The van der Waals surface area contributed by atoms with Crippen LogP contribution >= 0.6 is 0 Å². The van der Waals surface area contributed by atoms with Crippen LogP contribution in [0.15, 0.2) is 0 Å². The molecule has 0 saturated heterocycles. The molecule has 0 heterocycles. The van der Waals surface area contributed by atoms with Crippen molar-refractivity contribution in [3.8, 4) is 0 Å². The lowest BCUT2D eigenvalue weighted by Gasteiger charge is -2.44. The fourth-order valence-electron chi connectivity index (χ4n) is 3.29. The molecule has 1 spiro atoms. The van der Waals surface area contributed by atoms with E-state index in [9.17, 15) is 10.2 Å². The summed E-state index contributed by atoms with van der Waals surface area (Å²) in [6, 6.07) is 0. The Kier molecular flexibility index (Phi) is 2.16. The van der Waals surface area contributed by atoms with E-state index in [2.05, 4.69) is 0 Å². The fourth-order valence-corrected chi connectivity index (χ4v) is 3.29. The number of aliphatic hydroxyl groups excluding tert-OH is 1. The standard InChI is InChI=1S/C11H20O2/c1-10(13)9(12)5-8-11(10)6-3-2-4-7-11/h9,12-13H,2-8H2,1H3. The summed E-state index contributed by atoms with van der Waals surface area (Å²) in [5, 5.41) is 20.0. The van der Waals surface area contributed by atoms with Crippen molar-refractivity contribution in [1.29, 1.82) is 0 Å². The SMILES string of the molecule is CC1(O)C(O)CCC12CCCCC2. The van der Waals surface area contributed by atoms with E-state index in [1.54, 1.807) is 0 Å². The molecular formula is C11H20O2. The Bertz CT molecular complexity index is 187. The van der Waals surface area contributed by atoms with Crippen molar-refractivity contribution < 1.29 is 10.2 Å². The number of hydrogen-bond donors (Lipinski definition) is 2. The Morgan fingerprint density at radius 1 is 1.08 bits per heavy atom. The van der Waals surface area contributed by atoms with Crippen LogP contribution in [0.5, 0.6) is 0 Å². The van der Waals surface area contributed by atoms with Crippen LogP contribution in [0, 0.1) is 5.41 Å². The van der Waals surface area contributed by atoms with Crippen molar-refractivity contribution in [3.63, 3.8) is 0 Å². The molecule has 0 aliphatic heterocycles. The Hall–Kier alpha value is -0.0800. The molecule has 0 bridgehead atoms. The van der Waals surface area contributed by atoms with Crippen LogP contribution < -0.4 is 0 Å². The molecule has 0 amide bonds.